The van der Waals surface area contributed by atoms with Gasteiger partial charge in [0.15, 0.2) is 0 Å². The molecule has 6 nitrogen and oxygen atoms in total. The largest absolute Gasteiger partial charge is 0.337 e. The molecule has 1 aromatic heterocycles. The molecule has 3 rings (SSSR count). The number of carbonyl (C=O) groups is 1. The maximum absolute atomic E-state index is 12.8. The minimum atomic E-state index is -1.03. The lowest BCUT2D eigenvalue weighted by atomic mass is 10.0. The summed E-state index contributed by atoms with van der Waals surface area (Å²) in [4.78, 5) is 19.7. The van der Waals surface area contributed by atoms with Crippen LogP contribution in [-0.4, -0.2) is 49.1 Å². The Balaban J connectivity index is 1.75. The van der Waals surface area contributed by atoms with E-state index in [1.165, 1.54) is 0 Å². The minimum Gasteiger partial charge on any atom is -0.337 e. The number of hydrogen-bond acceptors (Lipinski definition) is 4. The molecule has 0 aliphatic carbocycles. The van der Waals surface area contributed by atoms with E-state index in [-0.39, 0.29) is 11.9 Å². The van der Waals surface area contributed by atoms with Crippen LogP contribution in [0.2, 0.25) is 0 Å². The number of amides is 1. The number of piperidine rings is 1. The molecule has 0 spiro atoms. The molecule has 24 heavy (non-hydrogen) atoms. The van der Waals surface area contributed by atoms with Gasteiger partial charge in [0.1, 0.15) is 11.6 Å². The number of aryl methyl sites for hydroxylation is 2. The van der Waals surface area contributed by atoms with Crippen molar-refractivity contribution in [3.63, 3.8) is 0 Å². The van der Waals surface area contributed by atoms with E-state index >= 15 is 0 Å². The first-order chi connectivity index (χ1) is 11.5. The number of benzene rings is 1. The molecule has 2 aromatic rings. The van der Waals surface area contributed by atoms with Crippen molar-refractivity contribution in [1.82, 2.24) is 19.7 Å². The highest BCUT2D eigenvalue weighted by Gasteiger charge is 2.27. The second kappa shape index (κ2) is 6.84. The summed E-state index contributed by atoms with van der Waals surface area (Å²) in [7, 11) is -1.03. The van der Waals surface area contributed by atoms with E-state index in [0.717, 1.165) is 35.9 Å². The highest BCUT2D eigenvalue weighted by atomic mass is 32.2. The van der Waals surface area contributed by atoms with Crippen molar-refractivity contribution in [3.8, 4) is 0 Å². The standard InChI is InChI=1S/C17H22N4O2S/c1-12-18-13(2)21(19-12)15-5-4-10-20(11-15)17(22)14-6-8-16(9-7-14)24(3)23/h6-9,15H,4-5,10-11H2,1-3H3/t15-,24-/m1/s1. The van der Waals surface area contributed by atoms with E-state index in [1.54, 1.807) is 30.5 Å². The lowest BCUT2D eigenvalue weighted by molar-refractivity contribution is 0.0671. The normalized spacial score (nSPS) is 19.3. The average Bonchev–Trinajstić information content (AvgIpc) is 2.93. The molecule has 0 radical (unpaired) electrons. The van der Waals surface area contributed by atoms with Gasteiger partial charge in [-0.15, -0.1) is 0 Å². The molecule has 1 amide bonds. The molecule has 1 aliphatic heterocycles. The van der Waals surface area contributed by atoms with Gasteiger partial charge in [-0.25, -0.2) is 9.67 Å². The first-order valence-corrected chi connectivity index (χ1v) is 9.64. The fourth-order valence-corrected chi connectivity index (χ4v) is 3.71. The van der Waals surface area contributed by atoms with Gasteiger partial charge in [0.05, 0.1) is 6.04 Å². The van der Waals surface area contributed by atoms with Gasteiger partial charge < -0.3 is 4.90 Å². The van der Waals surface area contributed by atoms with Crippen LogP contribution in [0.1, 0.15) is 40.9 Å². The predicted octanol–water partition coefficient (Wildman–Crippen LogP) is 2.11. The van der Waals surface area contributed by atoms with Crippen LogP contribution in [0.3, 0.4) is 0 Å². The van der Waals surface area contributed by atoms with Crippen LogP contribution in [-0.2, 0) is 10.8 Å². The minimum absolute atomic E-state index is 0.0163. The smallest absolute Gasteiger partial charge is 0.253 e. The fraction of sp³-hybridized carbons (Fsp3) is 0.471. The average molecular weight is 346 g/mol. The molecule has 1 aliphatic rings. The summed E-state index contributed by atoms with van der Waals surface area (Å²) in [6.07, 6.45) is 3.58. The van der Waals surface area contributed by atoms with Gasteiger partial charge in [-0.1, -0.05) is 0 Å². The number of nitrogens with zero attached hydrogens (tertiary/aromatic N) is 4. The third-order valence-corrected chi connectivity index (χ3v) is 5.31. The first-order valence-electron chi connectivity index (χ1n) is 8.08. The van der Waals surface area contributed by atoms with Crippen LogP contribution in [0.5, 0.6) is 0 Å². The molecule has 128 valence electrons. The predicted molar refractivity (Wildman–Crippen MR) is 92.4 cm³/mol. The van der Waals surface area contributed by atoms with E-state index in [1.807, 2.05) is 23.4 Å². The van der Waals surface area contributed by atoms with E-state index in [9.17, 15) is 9.00 Å². The second-order valence-electron chi connectivity index (χ2n) is 6.18. The Hall–Kier alpha value is -2.02. The molecular formula is C17H22N4O2S. The third-order valence-electron chi connectivity index (χ3n) is 4.37. The Kier molecular flexibility index (Phi) is 4.80. The zero-order valence-corrected chi connectivity index (χ0v) is 15.0. The molecule has 1 fully saturated rings. The Morgan fingerprint density at radius 3 is 2.54 bits per heavy atom. The number of aromatic nitrogens is 3. The fourth-order valence-electron chi connectivity index (χ4n) is 3.19. The van der Waals surface area contributed by atoms with Crippen LogP contribution in [0.15, 0.2) is 29.2 Å². The summed E-state index contributed by atoms with van der Waals surface area (Å²) >= 11 is 0. The highest BCUT2D eigenvalue weighted by molar-refractivity contribution is 7.84. The summed E-state index contributed by atoms with van der Waals surface area (Å²) < 4.78 is 13.4. The lowest BCUT2D eigenvalue weighted by Gasteiger charge is -2.33. The first kappa shape index (κ1) is 16.8. The van der Waals surface area contributed by atoms with Crippen LogP contribution in [0.25, 0.3) is 0 Å². The van der Waals surface area contributed by atoms with Crippen molar-refractivity contribution in [2.45, 2.75) is 37.6 Å². The van der Waals surface area contributed by atoms with Crippen LogP contribution in [0, 0.1) is 13.8 Å². The van der Waals surface area contributed by atoms with Crippen molar-refractivity contribution in [1.29, 1.82) is 0 Å². The van der Waals surface area contributed by atoms with Crippen LogP contribution >= 0.6 is 0 Å². The van der Waals surface area contributed by atoms with Crippen LogP contribution < -0.4 is 0 Å². The van der Waals surface area contributed by atoms with Crippen molar-refractivity contribution >= 4 is 16.7 Å². The Morgan fingerprint density at radius 1 is 1.25 bits per heavy atom. The topological polar surface area (TPSA) is 68.1 Å². The maximum Gasteiger partial charge on any atom is 0.253 e. The van der Waals surface area contributed by atoms with E-state index in [4.69, 9.17) is 0 Å². The van der Waals surface area contributed by atoms with Gasteiger partial charge in [-0.05, 0) is 51.0 Å². The lowest BCUT2D eigenvalue weighted by Crippen LogP contribution is -2.41. The molecule has 2 atom stereocenters. The van der Waals surface area contributed by atoms with Crippen molar-refractivity contribution in [2.24, 2.45) is 0 Å². The van der Waals surface area contributed by atoms with E-state index < -0.39 is 10.8 Å². The highest BCUT2D eigenvalue weighted by Crippen LogP contribution is 2.23. The molecule has 0 unspecified atom stereocenters. The van der Waals surface area contributed by atoms with Gasteiger partial charge in [-0.2, -0.15) is 5.10 Å². The summed E-state index contributed by atoms with van der Waals surface area (Å²) in [5.74, 6) is 1.67. The summed E-state index contributed by atoms with van der Waals surface area (Å²) in [6, 6.07) is 7.21. The van der Waals surface area contributed by atoms with E-state index in [0.29, 0.717) is 12.1 Å². The molecule has 1 aromatic carbocycles. The molecule has 1 saturated heterocycles. The van der Waals surface area contributed by atoms with Crippen molar-refractivity contribution in [3.05, 3.63) is 41.5 Å². The number of rotatable bonds is 3. The summed E-state index contributed by atoms with van der Waals surface area (Å²) in [5, 5.41) is 4.47. The summed E-state index contributed by atoms with van der Waals surface area (Å²) in [6.45, 7) is 5.23. The Labute approximate surface area is 144 Å². The van der Waals surface area contributed by atoms with Gasteiger partial charge in [0, 0.05) is 40.6 Å². The maximum atomic E-state index is 12.8. The number of carbonyl (C=O) groups excluding carboxylic acids is 1. The monoisotopic (exact) mass is 346 g/mol. The number of likely N-dealkylation sites (tertiary alicyclic amines) is 1. The Bertz CT molecular complexity index is 769. The molecule has 7 heteroatoms. The molecular weight excluding hydrogens is 324 g/mol. The molecule has 2 heterocycles. The number of hydrogen-bond donors (Lipinski definition) is 0. The van der Waals surface area contributed by atoms with Crippen molar-refractivity contribution < 1.29 is 9.00 Å². The second-order valence-corrected chi connectivity index (χ2v) is 7.56. The zero-order chi connectivity index (χ0) is 17.3. The SMILES string of the molecule is Cc1nc(C)n([C@@H]2CCCN(C(=O)c3ccc([S@@](C)=O)cc3)C2)n1. The zero-order valence-electron chi connectivity index (χ0n) is 14.2. The third kappa shape index (κ3) is 3.40. The van der Waals surface area contributed by atoms with Crippen molar-refractivity contribution in [2.75, 3.05) is 19.3 Å². The molecule has 0 bridgehead atoms. The van der Waals surface area contributed by atoms with Gasteiger partial charge in [0.2, 0.25) is 0 Å². The molecule has 0 saturated carbocycles. The van der Waals surface area contributed by atoms with E-state index in [2.05, 4.69) is 10.1 Å². The van der Waals surface area contributed by atoms with Crippen LogP contribution in [0.4, 0.5) is 0 Å². The summed E-state index contributed by atoms with van der Waals surface area (Å²) in [5.41, 5.74) is 0.636. The quantitative estimate of drug-likeness (QED) is 0.854. The van der Waals surface area contributed by atoms with Gasteiger partial charge >= 0.3 is 0 Å². The molecule has 0 N–H and O–H groups in total. The van der Waals surface area contributed by atoms with Gasteiger partial charge in [0.25, 0.3) is 5.91 Å². The van der Waals surface area contributed by atoms with Gasteiger partial charge in [-0.3, -0.25) is 9.00 Å². The Morgan fingerprint density at radius 2 is 1.96 bits per heavy atom.